The Hall–Kier alpha value is -2.35. The van der Waals surface area contributed by atoms with Crippen LogP contribution < -0.4 is 10.2 Å². The highest BCUT2D eigenvalue weighted by Crippen LogP contribution is 2.36. The summed E-state index contributed by atoms with van der Waals surface area (Å²) in [4.78, 5) is 13.4. The fraction of sp³-hybridized carbons (Fsp3) is 0.474. The van der Waals surface area contributed by atoms with E-state index in [1.807, 2.05) is 6.07 Å². The van der Waals surface area contributed by atoms with Gasteiger partial charge in [0, 0.05) is 44.0 Å². The molecule has 1 atom stereocenters. The van der Waals surface area contributed by atoms with Crippen molar-refractivity contribution in [1.29, 1.82) is 0 Å². The van der Waals surface area contributed by atoms with Gasteiger partial charge in [0.05, 0.1) is 5.69 Å². The van der Waals surface area contributed by atoms with Crippen LogP contribution in [0.2, 0.25) is 0 Å². The molecule has 1 N–H and O–H groups in total. The maximum atomic E-state index is 13.7. The van der Waals surface area contributed by atoms with Crippen molar-refractivity contribution in [3.63, 3.8) is 0 Å². The maximum Gasteiger partial charge on any atom is 0.408 e. The van der Waals surface area contributed by atoms with E-state index in [2.05, 4.69) is 10.4 Å². The Labute approximate surface area is 156 Å². The zero-order valence-corrected chi connectivity index (χ0v) is 15.8. The van der Waals surface area contributed by atoms with Gasteiger partial charge in [-0.3, -0.25) is 14.8 Å². The molecule has 1 aliphatic heterocycles. The summed E-state index contributed by atoms with van der Waals surface area (Å²) in [7, 11) is 3.35. The van der Waals surface area contributed by atoms with Gasteiger partial charge in [0.25, 0.3) is 0 Å². The Bertz CT molecular complexity index is 873. The first-order valence-electron chi connectivity index (χ1n) is 8.78. The van der Waals surface area contributed by atoms with E-state index < -0.39 is 12.2 Å². The highest BCUT2D eigenvalue weighted by molar-refractivity contribution is 5.95. The number of amides is 1. The van der Waals surface area contributed by atoms with Gasteiger partial charge in [-0.1, -0.05) is 12.1 Å². The summed E-state index contributed by atoms with van der Waals surface area (Å²) in [6, 6.07) is 3.65. The molecule has 0 fully saturated rings. The van der Waals surface area contributed by atoms with Crippen LogP contribution in [0.3, 0.4) is 0 Å². The zero-order valence-electron chi connectivity index (χ0n) is 15.8. The SMILES string of the molecule is Cc1nn(C)c(C)c1C(NCc1ccc2c(c1)CCC(=O)N2C)C(F)(F)F. The number of aryl methyl sites for hydroxylation is 3. The van der Waals surface area contributed by atoms with Crippen LogP contribution in [-0.2, 0) is 24.8 Å². The number of alkyl halides is 3. The lowest BCUT2D eigenvalue weighted by Gasteiger charge is -2.27. The molecular formula is C19H23F3N4O. The van der Waals surface area contributed by atoms with E-state index in [1.54, 1.807) is 45.0 Å². The number of anilines is 1. The van der Waals surface area contributed by atoms with Gasteiger partial charge >= 0.3 is 6.18 Å². The lowest BCUT2D eigenvalue weighted by molar-refractivity contribution is -0.158. The van der Waals surface area contributed by atoms with E-state index in [1.165, 1.54) is 4.68 Å². The minimum absolute atomic E-state index is 0.0491. The van der Waals surface area contributed by atoms with Crippen LogP contribution in [0.4, 0.5) is 18.9 Å². The number of hydrogen-bond acceptors (Lipinski definition) is 3. The third-order valence-electron chi connectivity index (χ3n) is 5.18. The van der Waals surface area contributed by atoms with Crippen molar-refractivity contribution in [2.24, 2.45) is 7.05 Å². The minimum Gasteiger partial charge on any atom is -0.315 e. The average molecular weight is 380 g/mol. The highest BCUT2D eigenvalue weighted by Gasteiger charge is 2.43. The van der Waals surface area contributed by atoms with E-state index in [0.29, 0.717) is 24.2 Å². The van der Waals surface area contributed by atoms with Crippen molar-refractivity contribution >= 4 is 11.6 Å². The summed E-state index contributed by atoms with van der Waals surface area (Å²) in [5, 5.41) is 6.77. The molecule has 1 unspecified atom stereocenters. The highest BCUT2D eigenvalue weighted by atomic mass is 19.4. The molecule has 0 radical (unpaired) electrons. The monoisotopic (exact) mass is 380 g/mol. The van der Waals surface area contributed by atoms with Crippen molar-refractivity contribution in [2.75, 3.05) is 11.9 Å². The van der Waals surface area contributed by atoms with Gasteiger partial charge in [0.2, 0.25) is 5.91 Å². The third kappa shape index (κ3) is 3.71. The van der Waals surface area contributed by atoms with Gasteiger partial charge in [0.15, 0.2) is 0 Å². The van der Waals surface area contributed by atoms with Crippen molar-refractivity contribution in [3.8, 4) is 0 Å². The number of carbonyl (C=O) groups is 1. The number of halogens is 3. The molecule has 146 valence electrons. The van der Waals surface area contributed by atoms with E-state index >= 15 is 0 Å². The van der Waals surface area contributed by atoms with Gasteiger partial charge in [-0.25, -0.2) is 0 Å². The molecular weight excluding hydrogens is 357 g/mol. The van der Waals surface area contributed by atoms with Crippen LogP contribution in [0.5, 0.6) is 0 Å². The predicted molar refractivity (Wildman–Crippen MR) is 96.5 cm³/mol. The van der Waals surface area contributed by atoms with E-state index in [4.69, 9.17) is 0 Å². The molecule has 2 aromatic rings. The number of rotatable bonds is 4. The van der Waals surface area contributed by atoms with Crippen LogP contribution in [0.15, 0.2) is 18.2 Å². The molecule has 2 heterocycles. The molecule has 1 aliphatic rings. The van der Waals surface area contributed by atoms with Crippen molar-refractivity contribution in [3.05, 3.63) is 46.3 Å². The van der Waals surface area contributed by atoms with Crippen LogP contribution in [0.25, 0.3) is 0 Å². The van der Waals surface area contributed by atoms with Gasteiger partial charge in [-0.05, 0) is 37.5 Å². The molecule has 0 bridgehead atoms. The first kappa shape index (κ1) is 19.4. The zero-order chi connectivity index (χ0) is 19.9. The average Bonchev–Trinajstić information content (AvgIpc) is 2.83. The fourth-order valence-corrected chi connectivity index (χ4v) is 3.63. The van der Waals surface area contributed by atoms with Gasteiger partial charge < -0.3 is 4.90 Å². The third-order valence-corrected chi connectivity index (χ3v) is 5.18. The number of carbonyl (C=O) groups excluding carboxylic acids is 1. The molecule has 1 amide bonds. The molecule has 0 saturated carbocycles. The number of aromatic nitrogens is 2. The topological polar surface area (TPSA) is 50.2 Å². The number of benzene rings is 1. The smallest absolute Gasteiger partial charge is 0.315 e. The summed E-state index contributed by atoms with van der Waals surface area (Å²) in [5.74, 6) is 0.0491. The lowest BCUT2D eigenvalue weighted by Crippen LogP contribution is -2.35. The number of fused-ring (bicyclic) bond motifs is 1. The first-order chi connectivity index (χ1) is 12.6. The number of nitrogens with zero attached hydrogens (tertiary/aromatic N) is 3. The van der Waals surface area contributed by atoms with Gasteiger partial charge in [0.1, 0.15) is 6.04 Å². The molecule has 5 nitrogen and oxygen atoms in total. The number of nitrogens with one attached hydrogen (secondary N) is 1. The van der Waals surface area contributed by atoms with E-state index in [9.17, 15) is 18.0 Å². The van der Waals surface area contributed by atoms with Gasteiger partial charge in [-0.2, -0.15) is 18.3 Å². The van der Waals surface area contributed by atoms with E-state index in [0.717, 1.165) is 16.8 Å². The summed E-state index contributed by atoms with van der Waals surface area (Å²) in [6.07, 6.45) is -3.41. The predicted octanol–water partition coefficient (Wildman–Crippen LogP) is 3.34. The Morgan fingerprint density at radius 3 is 2.52 bits per heavy atom. The van der Waals surface area contributed by atoms with Crippen LogP contribution >= 0.6 is 0 Å². The maximum absolute atomic E-state index is 13.7. The standard InChI is InChI=1S/C19H23F3N4O/c1-11-17(12(2)26(4)24-11)18(19(20,21)22)23-10-13-5-7-15-14(9-13)6-8-16(27)25(15)3/h5,7,9,18,23H,6,8,10H2,1-4H3. The van der Waals surface area contributed by atoms with Crippen LogP contribution in [0, 0.1) is 13.8 Å². The van der Waals surface area contributed by atoms with Crippen molar-refractivity contribution in [1.82, 2.24) is 15.1 Å². The molecule has 27 heavy (non-hydrogen) atoms. The Kier molecular flexibility index (Phi) is 5.03. The summed E-state index contributed by atoms with van der Waals surface area (Å²) in [6.45, 7) is 3.30. The molecule has 1 aromatic carbocycles. The molecule has 0 spiro atoms. The normalized spacial score (nSPS) is 15.8. The van der Waals surface area contributed by atoms with Crippen molar-refractivity contribution in [2.45, 2.75) is 45.5 Å². The molecule has 1 aromatic heterocycles. The molecule has 0 saturated heterocycles. The Morgan fingerprint density at radius 2 is 1.93 bits per heavy atom. The molecule has 3 rings (SSSR count). The quantitative estimate of drug-likeness (QED) is 0.885. The number of hydrogen-bond donors (Lipinski definition) is 1. The minimum atomic E-state index is -4.43. The molecule has 0 aliphatic carbocycles. The fourth-order valence-electron chi connectivity index (χ4n) is 3.63. The Balaban J connectivity index is 1.84. The summed E-state index contributed by atoms with van der Waals surface area (Å²) in [5.41, 5.74) is 3.59. The Morgan fingerprint density at radius 1 is 1.22 bits per heavy atom. The second-order valence-corrected chi connectivity index (χ2v) is 6.98. The first-order valence-corrected chi connectivity index (χ1v) is 8.78. The van der Waals surface area contributed by atoms with Gasteiger partial charge in [-0.15, -0.1) is 0 Å². The van der Waals surface area contributed by atoms with Crippen LogP contribution in [0.1, 0.15) is 40.5 Å². The van der Waals surface area contributed by atoms with Crippen LogP contribution in [-0.4, -0.2) is 28.9 Å². The van der Waals surface area contributed by atoms with Crippen molar-refractivity contribution < 1.29 is 18.0 Å². The second-order valence-electron chi connectivity index (χ2n) is 6.98. The van der Waals surface area contributed by atoms with E-state index in [-0.39, 0.29) is 18.0 Å². The lowest BCUT2D eigenvalue weighted by atomic mass is 9.98. The summed E-state index contributed by atoms with van der Waals surface area (Å²) >= 11 is 0. The largest absolute Gasteiger partial charge is 0.408 e. The summed E-state index contributed by atoms with van der Waals surface area (Å²) < 4.78 is 42.6. The second kappa shape index (κ2) is 6.99. The molecule has 8 heteroatoms.